The number of carbonyl (C=O) groups excluding carboxylic acids is 2. The topological polar surface area (TPSA) is 104 Å². The number of hydrogen-bond acceptors (Lipinski definition) is 6. The normalized spacial score (nSPS) is 13.7. The van der Waals surface area contributed by atoms with Gasteiger partial charge in [-0.15, -0.1) is 0 Å². The van der Waals surface area contributed by atoms with E-state index in [4.69, 9.17) is 0 Å². The van der Waals surface area contributed by atoms with Gasteiger partial charge < -0.3 is 20.1 Å². The fraction of sp³-hybridized carbons (Fsp3) is 0.333. The highest BCUT2D eigenvalue weighted by Crippen LogP contribution is 2.24. The first-order valence-electron chi connectivity index (χ1n) is 5.32. The maximum Gasteiger partial charge on any atom is 0.338 e. The molecular weight excluding hydrogens is 240 g/mol. The van der Waals surface area contributed by atoms with E-state index in [0.717, 1.165) is 6.07 Å². The van der Waals surface area contributed by atoms with Crippen LogP contribution < -0.4 is 0 Å². The van der Waals surface area contributed by atoms with E-state index in [0.29, 0.717) is 6.29 Å². The van der Waals surface area contributed by atoms with Crippen molar-refractivity contribution in [3.8, 4) is 5.75 Å². The van der Waals surface area contributed by atoms with Crippen molar-refractivity contribution in [2.45, 2.75) is 19.1 Å². The van der Waals surface area contributed by atoms with Crippen molar-refractivity contribution in [2.24, 2.45) is 0 Å². The Morgan fingerprint density at radius 1 is 1.44 bits per heavy atom. The number of benzene rings is 1. The zero-order valence-corrected chi connectivity index (χ0v) is 9.74. The van der Waals surface area contributed by atoms with Crippen molar-refractivity contribution in [3.05, 3.63) is 29.3 Å². The first-order valence-corrected chi connectivity index (χ1v) is 5.32. The molecule has 0 heterocycles. The largest absolute Gasteiger partial charge is 0.507 e. The first-order chi connectivity index (χ1) is 8.51. The summed E-state index contributed by atoms with van der Waals surface area (Å²) < 4.78 is 4.55. The van der Waals surface area contributed by atoms with Gasteiger partial charge in [-0.2, -0.15) is 0 Å². The molecule has 2 unspecified atom stereocenters. The van der Waals surface area contributed by atoms with Gasteiger partial charge in [-0.3, -0.25) is 4.79 Å². The lowest BCUT2D eigenvalue weighted by molar-refractivity contribution is -0.159. The first kappa shape index (κ1) is 14.1. The van der Waals surface area contributed by atoms with Crippen LogP contribution in [0.5, 0.6) is 5.75 Å². The zero-order valence-electron chi connectivity index (χ0n) is 9.74. The van der Waals surface area contributed by atoms with Crippen molar-refractivity contribution in [3.63, 3.8) is 0 Å². The SMILES string of the molecule is CCOC(=O)C(O)C(O)c1ccc(C=O)c(O)c1. The fourth-order valence-electron chi connectivity index (χ4n) is 1.38. The summed E-state index contributed by atoms with van der Waals surface area (Å²) in [5.74, 6) is -1.29. The van der Waals surface area contributed by atoms with Gasteiger partial charge in [0.15, 0.2) is 12.4 Å². The summed E-state index contributed by atoms with van der Waals surface area (Å²) in [6.45, 7) is 1.65. The number of aromatic hydroxyl groups is 1. The van der Waals surface area contributed by atoms with E-state index in [1.165, 1.54) is 12.1 Å². The second kappa shape index (κ2) is 6.13. The number of hydrogen-bond donors (Lipinski definition) is 3. The highest BCUT2D eigenvalue weighted by molar-refractivity contribution is 5.79. The second-order valence-corrected chi connectivity index (χ2v) is 3.58. The van der Waals surface area contributed by atoms with Crippen LogP contribution >= 0.6 is 0 Å². The van der Waals surface area contributed by atoms with E-state index in [9.17, 15) is 24.9 Å². The van der Waals surface area contributed by atoms with E-state index >= 15 is 0 Å². The number of aldehydes is 1. The summed E-state index contributed by atoms with van der Waals surface area (Å²) in [6, 6.07) is 3.71. The van der Waals surface area contributed by atoms with E-state index in [-0.39, 0.29) is 23.5 Å². The third kappa shape index (κ3) is 3.06. The maximum absolute atomic E-state index is 11.2. The number of aliphatic hydroxyl groups is 2. The number of carbonyl (C=O) groups is 2. The quantitative estimate of drug-likeness (QED) is 0.511. The average molecular weight is 254 g/mol. The number of ether oxygens (including phenoxy) is 1. The number of aliphatic hydroxyl groups excluding tert-OH is 2. The van der Waals surface area contributed by atoms with Gasteiger partial charge in [0.05, 0.1) is 12.2 Å². The van der Waals surface area contributed by atoms with Gasteiger partial charge >= 0.3 is 5.97 Å². The average Bonchev–Trinajstić information content (AvgIpc) is 2.37. The Kier molecular flexibility index (Phi) is 4.82. The summed E-state index contributed by atoms with van der Waals surface area (Å²) in [7, 11) is 0. The van der Waals surface area contributed by atoms with Gasteiger partial charge in [0.1, 0.15) is 11.9 Å². The number of phenols is 1. The van der Waals surface area contributed by atoms with Crippen LogP contribution in [0.25, 0.3) is 0 Å². The van der Waals surface area contributed by atoms with Crippen LogP contribution in [-0.4, -0.2) is 40.3 Å². The third-order valence-electron chi connectivity index (χ3n) is 2.35. The summed E-state index contributed by atoms with van der Waals surface area (Å²) in [6.07, 6.45) is -2.82. The molecule has 0 aromatic heterocycles. The van der Waals surface area contributed by atoms with Gasteiger partial charge in [0, 0.05) is 0 Å². The molecule has 0 aliphatic heterocycles. The summed E-state index contributed by atoms with van der Waals surface area (Å²) in [4.78, 5) is 21.7. The molecule has 0 radical (unpaired) electrons. The van der Waals surface area contributed by atoms with E-state index in [1.807, 2.05) is 0 Å². The smallest absolute Gasteiger partial charge is 0.338 e. The van der Waals surface area contributed by atoms with Gasteiger partial charge in [0.25, 0.3) is 0 Å². The minimum Gasteiger partial charge on any atom is -0.507 e. The number of esters is 1. The highest BCUT2D eigenvalue weighted by atomic mass is 16.5. The molecule has 1 aromatic rings. The second-order valence-electron chi connectivity index (χ2n) is 3.58. The van der Waals surface area contributed by atoms with Crippen LogP contribution in [0, 0.1) is 0 Å². The predicted molar refractivity (Wildman–Crippen MR) is 61.1 cm³/mol. The lowest BCUT2D eigenvalue weighted by atomic mass is 10.0. The molecule has 0 saturated heterocycles. The van der Waals surface area contributed by atoms with E-state index in [2.05, 4.69) is 4.74 Å². The molecule has 3 N–H and O–H groups in total. The molecule has 98 valence electrons. The van der Waals surface area contributed by atoms with Crippen molar-refractivity contribution < 1.29 is 29.6 Å². The summed E-state index contributed by atoms with van der Waals surface area (Å²) >= 11 is 0. The molecule has 6 nitrogen and oxygen atoms in total. The van der Waals surface area contributed by atoms with Gasteiger partial charge in [0.2, 0.25) is 0 Å². The molecule has 1 rings (SSSR count). The minimum atomic E-state index is -1.74. The lowest BCUT2D eigenvalue weighted by Crippen LogP contribution is -2.29. The van der Waals surface area contributed by atoms with Crippen LogP contribution in [0.15, 0.2) is 18.2 Å². The van der Waals surface area contributed by atoms with Crippen molar-refractivity contribution in [2.75, 3.05) is 6.61 Å². The molecule has 0 spiro atoms. The van der Waals surface area contributed by atoms with Crippen molar-refractivity contribution in [1.29, 1.82) is 0 Å². The Labute approximate surface area is 103 Å². The molecule has 18 heavy (non-hydrogen) atoms. The van der Waals surface area contributed by atoms with Gasteiger partial charge in [-0.25, -0.2) is 4.79 Å². The molecule has 0 amide bonds. The molecule has 0 fully saturated rings. The van der Waals surface area contributed by atoms with Crippen molar-refractivity contribution >= 4 is 12.3 Å². The molecule has 6 heteroatoms. The van der Waals surface area contributed by atoms with Gasteiger partial charge in [-0.1, -0.05) is 6.07 Å². The standard InChI is InChI=1S/C12H14O6/c1-2-18-12(17)11(16)10(15)7-3-4-8(6-13)9(14)5-7/h3-6,10-11,14-16H,2H2,1H3. The Hall–Kier alpha value is -1.92. The Morgan fingerprint density at radius 2 is 2.11 bits per heavy atom. The maximum atomic E-state index is 11.2. The monoisotopic (exact) mass is 254 g/mol. The van der Waals surface area contributed by atoms with Crippen LogP contribution in [0.4, 0.5) is 0 Å². The summed E-state index contributed by atoms with van der Waals surface area (Å²) in [5, 5.41) is 28.7. The van der Waals surface area contributed by atoms with E-state index in [1.54, 1.807) is 6.92 Å². The third-order valence-corrected chi connectivity index (χ3v) is 2.35. The van der Waals surface area contributed by atoms with Gasteiger partial charge in [-0.05, 0) is 24.6 Å². The fourth-order valence-corrected chi connectivity index (χ4v) is 1.38. The lowest BCUT2D eigenvalue weighted by Gasteiger charge is -2.17. The summed E-state index contributed by atoms with van der Waals surface area (Å²) in [5.41, 5.74) is 0.162. The Morgan fingerprint density at radius 3 is 2.61 bits per heavy atom. The highest BCUT2D eigenvalue weighted by Gasteiger charge is 2.27. The number of rotatable bonds is 5. The number of phenolic OH excluding ortho intramolecular Hbond substituents is 1. The molecule has 0 saturated carbocycles. The predicted octanol–water partition coefficient (Wildman–Crippen LogP) is 0.162. The molecule has 2 atom stereocenters. The molecular formula is C12H14O6. The zero-order chi connectivity index (χ0) is 13.7. The van der Waals surface area contributed by atoms with Crippen molar-refractivity contribution in [1.82, 2.24) is 0 Å². The van der Waals surface area contributed by atoms with Crippen LogP contribution in [-0.2, 0) is 9.53 Å². The van der Waals surface area contributed by atoms with Crippen LogP contribution in [0.1, 0.15) is 28.9 Å². The Balaban J connectivity index is 2.89. The molecule has 0 aliphatic carbocycles. The molecule has 1 aromatic carbocycles. The molecule has 0 aliphatic rings. The van der Waals surface area contributed by atoms with Crippen LogP contribution in [0.2, 0.25) is 0 Å². The molecule has 0 bridgehead atoms. The minimum absolute atomic E-state index is 0.0524. The van der Waals surface area contributed by atoms with E-state index < -0.39 is 18.2 Å². The Bertz CT molecular complexity index is 442. The van der Waals surface area contributed by atoms with Crippen LogP contribution in [0.3, 0.4) is 0 Å².